The number of imide groups is 2. The zero-order chi connectivity index (χ0) is 35.0. The summed E-state index contributed by atoms with van der Waals surface area (Å²) in [6, 6.07) is 3.36. The molecule has 1 fully saturated rings. The topological polar surface area (TPSA) is 179 Å². The lowest BCUT2D eigenvalue weighted by molar-refractivity contribution is -0.136. The van der Waals surface area contributed by atoms with Gasteiger partial charge in [-0.1, -0.05) is 6.07 Å². The molecule has 6 amide bonds. The summed E-state index contributed by atoms with van der Waals surface area (Å²) < 4.78 is 23.1. The molecule has 1 aromatic rings. The summed E-state index contributed by atoms with van der Waals surface area (Å²) in [5.41, 5.74) is -1.36. The van der Waals surface area contributed by atoms with Crippen molar-refractivity contribution in [3.63, 3.8) is 0 Å². The molecule has 0 radical (unpaired) electrons. The van der Waals surface area contributed by atoms with E-state index < -0.39 is 53.4 Å². The fourth-order valence-electron chi connectivity index (χ4n) is 4.87. The lowest BCUT2D eigenvalue weighted by atomic mass is 10.0. The van der Waals surface area contributed by atoms with Crippen LogP contribution in [0.4, 0.5) is 0 Å². The number of nitrogens with one attached hydrogen (secondary N) is 3. The summed E-state index contributed by atoms with van der Waals surface area (Å²) in [5, 5.41) is 7.71. The number of carbonyl (C=O) groups is 6. The van der Waals surface area contributed by atoms with Gasteiger partial charge in [0.15, 0.2) is 6.61 Å². The van der Waals surface area contributed by atoms with E-state index in [1.54, 1.807) is 0 Å². The van der Waals surface area contributed by atoms with E-state index >= 15 is 0 Å². The summed E-state index contributed by atoms with van der Waals surface area (Å²) in [7, 11) is 0. The van der Waals surface area contributed by atoms with Crippen molar-refractivity contribution in [1.82, 2.24) is 20.9 Å². The van der Waals surface area contributed by atoms with Gasteiger partial charge in [-0.2, -0.15) is 0 Å². The van der Waals surface area contributed by atoms with E-state index in [1.165, 1.54) is 18.2 Å². The molecule has 260 valence electrons. The molecule has 2 aliphatic heterocycles. The third kappa shape index (κ3) is 11.4. The molecule has 14 nitrogen and oxygen atoms in total. The summed E-state index contributed by atoms with van der Waals surface area (Å²) in [4.78, 5) is 75.3. The summed E-state index contributed by atoms with van der Waals surface area (Å²) in [6.45, 7) is 14.4. The van der Waals surface area contributed by atoms with Crippen LogP contribution >= 0.6 is 0 Å². The molecule has 1 saturated heterocycles. The molecule has 0 spiro atoms. The second-order valence-corrected chi connectivity index (χ2v) is 13.7. The highest BCUT2D eigenvalue weighted by molar-refractivity contribution is 6.24. The maximum absolute atomic E-state index is 13.2. The van der Waals surface area contributed by atoms with E-state index in [0.717, 1.165) is 4.90 Å². The quantitative estimate of drug-likeness (QED) is 0.165. The molecule has 3 N–H and O–H groups in total. The Morgan fingerprint density at radius 2 is 1.47 bits per heavy atom. The number of benzene rings is 1. The fraction of sp³-hybridized carbons (Fsp3) is 0.636. The number of carbonyl (C=O) groups excluding carboxylic acids is 6. The average molecular weight is 661 g/mol. The monoisotopic (exact) mass is 660 g/mol. The predicted molar refractivity (Wildman–Crippen MR) is 170 cm³/mol. The van der Waals surface area contributed by atoms with E-state index in [2.05, 4.69) is 16.0 Å². The first-order valence-electron chi connectivity index (χ1n) is 15.8. The van der Waals surface area contributed by atoms with Gasteiger partial charge in [-0.25, -0.2) is 0 Å². The minimum Gasteiger partial charge on any atom is -0.483 e. The highest BCUT2D eigenvalue weighted by Crippen LogP contribution is 2.33. The molecule has 0 aliphatic carbocycles. The molecule has 1 atom stereocenters. The normalized spacial score (nSPS) is 17.0. The van der Waals surface area contributed by atoms with Gasteiger partial charge in [0.05, 0.1) is 41.1 Å². The van der Waals surface area contributed by atoms with Crippen molar-refractivity contribution >= 4 is 35.4 Å². The lowest BCUT2D eigenvalue weighted by Gasteiger charge is -2.30. The van der Waals surface area contributed by atoms with E-state index in [4.69, 9.17) is 18.9 Å². The van der Waals surface area contributed by atoms with Crippen LogP contribution < -0.4 is 20.7 Å². The van der Waals surface area contributed by atoms with E-state index in [0.29, 0.717) is 39.1 Å². The SMILES string of the molecule is CC(C)(C)OCC(=O)NCCOC(C)(C)CCOC(C)(C)CCNC(=O)COc1cccc2c1C(=O)N(C1CCC(=O)NC1=O)C2=O. The molecule has 0 aromatic heterocycles. The van der Waals surface area contributed by atoms with Crippen molar-refractivity contribution in [2.75, 3.05) is 39.5 Å². The Hall–Kier alpha value is -3.88. The van der Waals surface area contributed by atoms with Crippen LogP contribution in [-0.2, 0) is 33.4 Å². The van der Waals surface area contributed by atoms with Gasteiger partial charge in [-0.05, 0) is 79.9 Å². The van der Waals surface area contributed by atoms with Crippen molar-refractivity contribution in [2.24, 2.45) is 0 Å². The Kier molecular flexibility index (Phi) is 12.6. The average Bonchev–Trinajstić information content (AvgIpc) is 3.22. The minimum atomic E-state index is -1.10. The molecule has 2 aliphatic rings. The zero-order valence-electron chi connectivity index (χ0n) is 28.4. The van der Waals surface area contributed by atoms with Gasteiger partial charge in [0, 0.05) is 19.5 Å². The van der Waals surface area contributed by atoms with Crippen LogP contribution in [0.2, 0.25) is 0 Å². The van der Waals surface area contributed by atoms with E-state index in [-0.39, 0.29) is 47.8 Å². The molecule has 14 heteroatoms. The van der Waals surface area contributed by atoms with Gasteiger partial charge < -0.3 is 29.6 Å². The molecular weight excluding hydrogens is 612 g/mol. The number of fused-ring (bicyclic) bond motifs is 1. The van der Waals surface area contributed by atoms with Crippen molar-refractivity contribution in [3.8, 4) is 5.75 Å². The number of nitrogens with zero attached hydrogens (tertiary/aromatic N) is 1. The van der Waals surface area contributed by atoms with Crippen molar-refractivity contribution in [3.05, 3.63) is 29.3 Å². The number of piperidine rings is 1. The maximum atomic E-state index is 13.2. The van der Waals surface area contributed by atoms with Crippen LogP contribution in [0.5, 0.6) is 5.75 Å². The second kappa shape index (κ2) is 15.8. The van der Waals surface area contributed by atoms with Crippen LogP contribution in [0.25, 0.3) is 0 Å². The standard InChI is InChI=1S/C33H48N4O10/c1-31(2,3)47-20-26(40)35-16-18-46-33(6,7)14-17-45-32(4,5)13-15-34-25(39)19-44-23-10-8-9-21-27(23)30(43)37(29(21)42)22-11-12-24(38)36-28(22)41/h8-10,22H,11-20H2,1-7H3,(H,34,39)(H,35,40)(H,36,38,41). The van der Waals surface area contributed by atoms with Crippen LogP contribution in [0, 0.1) is 0 Å². The number of amides is 6. The Labute approximate surface area is 275 Å². The smallest absolute Gasteiger partial charge is 0.266 e. The van der Waals surface area contributed by atoms with Gasteiger partial charge in [0.25, 0.3) is 17.7 Å². The third-order valence-electron chi connectivity index (χ3n) is 7.59. The Bertz CT molecular complexity index is 1350. The van der Waals surface area contributed by atoms with Gasteiger partial charge in [-0.3, -0.25) is 39.0 Å². The van der Waals surface area contributed by atoms with Crippen LogP contribution in [0.3, 0.4) is 0 Å². The van der Waals surface area contributed by atoms with Crippen molar-refractivity contribution in [2.45, 2.75) is 97.0 Å². The van der Waals surface area contributed by atoms with E-state index in [1.807, 2.05) is 48.5 Å². The summed E-state index contributed by atoms with van der Waals surface area (Å²) >= 11 is 0. The lowest BCUT2D eigenvalue weighted by Crippen LogP contribution is -2.54. The third-order valence-corrected chi connectivity index (χ3v) is 7.59. The predicted octanol–water partition coefficient (Wildman–Crippen LogP) is 1.88. The summed E-state index contributed by atoms with van der Waals surface area (Å²) in [6.07, 6.45) is 1.17. The Morgan fingerprint density at radius 1 is 0.830 bits per heavy atom. The molecule has 1 unspecified atom stereocenters. The molecular formula is C33H48N4O10. The van der Waals surface area contributed by atoms with Gasteiger partial charge in [0.2, 0.25) is 17.7 Å². The van der Waals surface area contributed by atoms with E-state index in [9.17, 15) is 28.8 Å². The van der Waals surface area contributed by atoms with Crippen LogP contribution in [0.15, 0.2) is 18.2 Å². The Balaban J connectivity index is 1.37. The van der Waals surface area contributed by atoms with Gasteiger partial charge in [0.1, 0.15) is 18.4 Å². The molecule has 0 bridgehead atoms. The zero-order valence-corrected chi connectivity index (χ0v) is 28.4. The van der Waals surface area contributed by atoms with Crippen LogP contribution in [0.1, 0.15) is 94.9 Å². The fourth-order valence-corrected chi connectivity index (χ4v) is 4.87. The van der Waals surface area contributed by atoms with Crippen molar-refractivity contribution < 1.29 is 47.7 Å². The second-order valence-electron chi connectivity index (χ2n) is 13.7. The first kappa shape index (κ1) is 37.6. The first-order valence-corrected chi connectivity index (χ1v) is 15.8. The highest BCUT2D eigenvalue weighted by Gasteiger charge is 2.46. The van der Waals surface area contributed by atoms with Gasteiger partial charge >= 0.3 is 0 Å². The van der Waals surface area contributed by atoms with Gasteiger partial charge in [-0.15, -0.1) is 0 Å². The molecule has 0 saturated carbocycles. The number of hydrogen-bond acceptors (Lipinski definition) is 10. The molecule has 47 heavy (non-hydrogen) atoms. The highest BCUT2D eigenvalue weighted by atomic mass is 16.5. The first-order chi connectivity index (χ1) is 21.9. The maximum Gasteiger partial charge on any atom is 0.266 e. The summed E-state index contributed by atoms with van der Waals surface area (Å²) in [5.74, 6) is -3.10. The number of rotatable bonds is 17. The number of hydrogen-bond donors (Lipinski definition) is 3. The molecule has 3 rings (SSSR count). The minimum absolute atomic E-state index is 0.00565. The largest absolute Gasteiger partial charge is 0.483 e. The number of ether oxygens (including phenoxy) is 4. The van der Waals surface area contributed by atoms with Crippen molar-refractivity contribution in [1.29, 1.82) is 0 Å². The molecule has 2 heterocycles. The van der Waals surface area contributed by atoms with Crippen LogP contribution in [-0.4, -0.2) is 103 Å². The Morgan fingerprint density at radius 3 is 2.15 bits per heavy atom. The molecule has 1 aromatic carbocycles.